The van der Waals surface area contributed by atoms with E-state index in [0.717, 1.165) is 56.0 Å². The molecule has 29 heavy (non-hydrogen) atoms. The predicted molar refractivity (Wildman–Crippen MR) is 111 cm³/mol. The molecule has 1 aliphatic heterocycles. The summed E-state index contributed by atoms with van der Waals surface area (Å²) in [6, 6.07) is 5.68. The number of ether oxygens (including phenoxy) is 1. The van der Waals surface area contributed by atoms with Crippen LogP contribution < -0.4 is 20.3 Å². The summed E-state index contributed by atoms with van der Waals surface area (Å²) in [5.74, 6) is 0.852. The molecule has 8 heteroatoms. The summed E-state index contributed by atoms with van der Waals surface area (Å²) in [6.07, 6.45) is 7.72. The first-order chi connectivity index (χ1) is 14.2. The minimum atomic E-state index is -0.240. The number of carbonyl (C=O) groups is 1. The molecule has 2 fully saturated rings. The number of hydrogen-bond donors (Lipinski definition) is 2. The molecule has 1 saturated heterocycles. The Bertz CT molecular complexity index is 1040. The minimum Gasteiger partial charge on any atom is -0.489 e. The largest absolute Gasteiger partial charge is 0.489 e. The zero-order chi connectivity index (χ0) is 19.8. The smallest absolute Gasteiger partial charge is 0.262 e. The maximum Gasteiger partial charge on any atom is 0.262 e. The van der Waals surface area contributed by atoms with Gasteiger partial charge in [-0.2, -0.15) is 0 Å². The number of amides is 1. The fraction of sp³-hybridized carbons (Fsp3) is 0.381. The van der Waals surface area contributed by atoms with Gasteiger partial charge in [0.1, 0.15) is 17.2 Å². The monoisotopic (exact) mass is 392 g/mol. The second-order valence-electron chi connectivity index (χ2n) is 7.61. The van der Waals surface area contributed by atoms with E-state index in [0.29, 0.717) is 17.1 Å². The third-order valence-electron chi connectivity index (χ3n) is 5.21. The molecule has 0 bridgehead atoms. The van der Waals surface area contributed by atoms with Crippen LogP contribution in [0.1, 0.15) is 28.9 Å². The van der Waals surface area contributed by atoms with Crippen LogP contribution in [0.15, 0.2) is 36.8 Å². The van der Waals surface area contributed by atoms with E-state index < -0.39 is 0 Å². The molecule has 5 rings (SSSR count). The normalized spacial score (nSPS) is 16.8. The van der Waals surface area contributed by atoms with Crippen LogP contribution in [0.2, 0.25) is 0 Å². The van der Waals surface area contributed by atoms with Gasteiger partial charge in [0.05, 0.1) is 29.2 Å². The number of hydrogen-bond acceptors (Lipinski definition) is 6. The zero-order valence-corrected chi connectivity index (χ0v) is 16.4. The Labute approximate surface area is 168 Å². The summed E-state index contributed by atoms with van der Waals surface area (Å²) >= 11 is 0. The lowest BCUT2D eigenvalue weighted by atomic mass is 10.2. The molecule has 0 unspecified atom stereocenters. The van der Waals surface area contributed by atoms with Gasteiger partial charge in [0.2, 0.25) is 0 Å². The lowest BCUT2D eigenvalue weighted by molar-refractivity contribution is 0.102. The summed E-state index contributed by atoms with van der Waals surface area (Å²) < 4.78 is 7.84. The fourth-order valence-electron chi connectivity index (χ4n) is 3.53. The van der Waals surface area contributed by atoms with E-state index in [1.54, 1.807) is 6.20 Å². The van der Waals surface area contributed by atoms with Crippen molar-refractivity contribution in [1.82, 2.24) is 19.7 Å². The Morgan fingerprint density at radius 3 is 2.79 bits per heavy atom. The van der Waals surface area contributed by atoms with Crippen LogP contribution in [-0.2, 0) is 0 Å². The molecular weight excluding hydrogens is 368 g/mol. The van der Waals surface area contributed by atoms with Gasteiger partial charge >= 0.3 is 0 Å². The molecule has 0 atom stereocenters. The molecule has 4 heterocycles. The Kier molecular flexibility index (Phi) is 4.55. The molecule has 3 aromatic heterocycles. The molecule has 0 radical (unpaired) electrons. The number of nitrogens with one attached hydrogen (secondary N) is 2. The van der Waals surface area contributed by atoms with Gasteiger partial charge in [0.15, 0.2) is 0 Å². The van der Waals surface area contributed by atoms with Crippen LogP contribution in [0.5, 0.6) is 5.75 Å². The van der Waals surface area contributed by atoms with Crippen molar-refractivity contribution < 1.29 is 9.53 Å². The van der Waals surface area contributed by atoms with Crippen molar-refractivity contribution in [2.45, 2.75) is 25.9 Å². The van der Waals surface area contributed by atoms with Crippen LogP contribution in [0, 0.1) is 6.92 Å². The van der Waals surface area contributed by atoms with Crippen LogP contribution in [0.25, 0.3) is 5.65 Å². The number of imidazole rings is 1. The quantitative estimate of drug-likeness (QED) is 0.693. The SMILES string of the molecule is Cc1cn2cc(C(=O)Nc3ccc(N4CCNCC4)cn3)c(OC3CC3)cc2n1. The van der Waals surface area contributed by atoms with Gasteiger partial charge in [-0.15, -0.1) is 0 Å². The third-order valence-corrected chi connectivity index (χ3v) is 5.21. The van der Waals surface area contributed by atoms with E-state index in [-0.39, 0.29) is 12.0 Å². The van der Waals surface area contributed by atoms with E-state index in [1.165, 1.54) is 0 Å². The highest BCUT2D eigenvalue weighted by Crippen LogP contribution is 2.30. The lowest BCUT2D eigenvalue weighted by Crippen LogP contribution is -2.43. The molecule has 3 aromatic rings. The molecular formula is C21H24N6O2. The van der Waals surface area contributed by atoms with Crippen molar-refractivity contribution in [3.63, 3.8) is 0 Å². The Hall–Kier alpha value is -3.13. The number of pyridine rings is 2. The molecule has 1 saturated carbocycles. The van der Waals surface area contributed by atoms with E-state index in [1.807, 2.05) is 41.9 Å². The van der Waals surface area contributed by atoms with Crippen LogP contribution in [0.4, 0.5) is 11.5 Å². The maximum absolute atomic E-state index is 13.0. The molecule has 1 aliphatic carbocycles. The number of fused-ring (bicyclic) bond motifs is 1. The number of aromatic nitrogens is 3. The summed E-state index contributed by atoms with van der Waals surface area (Å²) in [5, 5.41) is 6.24. The van der Waals surface area contributed by atoms with Crippen molar-refractivity contribution >= 4 is 23.1 Å². The minimum absolute atomic E-state index is 0.191. The number of aryl methyl sites for hydroxylation is 1. The van der Waals surface area contributed by atoms with Gasteiger partial charge in [-0.05, 0) is 31.9 Å². The van der Waals surface area contributed by atoms with Crippen molar-refractivity contribution in [3.8, 4) is 5.75 Å². The highest BCUT2D eigenvalue weighted by atomic mass is 16.5. The summed E-state index contributed by atoms with van der Waals surface area (Å²) in [7, 11) is 0. The van der Waals surface area contributed by atoms with Crippen molar-refractivity contribution in [2.24, 2.45) is 0 Å². The first kappa shape index (κ1) is 17.9. The van der Waals surface area contributed by atoms with Crippen LogP contribution >= 0.6 is 0 Å². The fourth-order valence-corrected chi connectivity index (χ4v) is 3.53. The third kappa shape index (κ3) is 3.88. The van der Waals surface area contributed by atoms with Crippen molar-refractivity contribution in [3.05, 3.63) is 48.0 Å². The van der Waals surface area contributed by atoms with Crippen LogP contribution in [-0.4, -0.2) is 52.6 Å². The average molecular weight is 392 g/mol. The van der Waals surface area contributed by atoms with Gasteiger partial charge in [-0.3, -0.25) is 4.79 Å². The van der Waals surface area contributed by atoms with Gasteiger partial charge in [0.25, 0.3) is 5.91 Å². The topological polar surface area (TPSA) is 83.8 Å². The van der Waals surface area contributed by atoms with Gasteiger partial charge in [0, 0.05) is 44.6 Å². The molecule has 8 nitrogen and oxygen atoms in total. The van der Waals surface area contributed by atoms with Crippen LogP contribution in [0.3, 0.4) is 0 Å². The van der Waals surface area contributed by atoms with Gasteiger partial charge in [-0.25, -0.2) is 9.97 Å². The zero-order valence-electron chi connectivity index (χ0n) is 16.4. The molecule has 0 spiro atoms. The highest BCUT2D eigenvalue weighted by Gasteiger charge is 2.26. The summed E-state index contributed by atoms with van der Waals surface area (Å²) in [4.78, 5) is 24.2. The average Bonchev–Trinajstić information content (AvgIpc) is 3.47. The first-order valence-electron chi connectivity index (χ1n) is 10.0. The number of rotatable bonds is 5. The van der Waals surface area contributed by atoms with E-state index >= 15 is 0 Å². The molecule has 150 valence electrons. The standard InChI is InChI=1S/C21H24N6O2/c1-14-12-27-13-17(18(10-20(27)24-14)29-16-3-4-16)21(28)25-19-5-2-15(11-23-19)26-8-6-22-7-9-26/h2,5,10-13,16,22H,3-4,6-9H2,1H3,(H,23,25,28). The molecule has 1 amide bonds. The number of nitrogens with zero attached hydrogens (tertiary/aromatic N) is 4. The number of carbonyl (C=O) groups excluding carboxylic acids is 1. The van der Waals surface area contributed by atoms with Crippen molar-refractivity contribution in [1.29, 1.82) is 0 Å². The Balaban J connectivity index is 1.37. The summed E-state index contributed by atoms with van der Waals surface area (Å²) in [6.45, 7) is 5.79. The van der Waals surface area contributed by atoms with Gasteiger partial charge < -0.3 is 24.7 Å². The molecule has 0 aromatic carbocycles. The lowest BCUT2D eigenvalue weighted by Gasteiger charge is -2.29. The predicted octanol–water partition coefficient (Wildman–Crippen LogP) is 2.24. The Morgan fingerprint density at radius 1 is 1.24 bits per heavy atom. The van der Waals surface area contributed by atoms with E-state index in [9.17, 15) is 4.79 Å². The number of anilines is 2. The van der Waals surface area contributed by atoms with E-state index in [4.69, 9.17) is 4.74 Å². The first-order valence-corrected chi connectivity index (χ1v) is 10.0. The van der Waals surface area contributed by atoms with Gasteiger partial charge in [-0.1, -0.05) is 0 Å². The van der Waals surface area contributed by atoms with E-state index in [2.05, 4.69) is 25.5 Å². The number of piperazine rings is 1. The maximum atomic E-state index is 13.0. The Morgan fingerprint density at radius 2 is 2.07 bits per heavy atom. The highest BCUT2D eigenvalue weighted by molar-refractivity contribution is 6.05. The second kappa shape index (κ2) is 7.36. The van der Waals surface area contributed by atoms with Crippen molar-refractivity contribution in [2.75, 3.05) is 36.4 Å². The second-order valence-corrected chi connectivity index (χ2v) is 7.61. The molecule has 2 aliphatic rings. The summed E-state index contributed by atoms with van der Waals surface area (Å²) in [5.41, 5.74) is 3.21. The molecule has 2 N–H and O–H groups in total.